The van der Waals surface area contributed by atoms with E-state index in [9.17, 15) is 4.79 Å². The number of methoxy groups -OCH3 is 1. The first-order valence-electron chi connectivity index (χ1n) is 10.6. The van der Waals surface area contributed by atoms with Gasteiger partial charge in [-0.3, -0.25) is 4.79 Å². The number of benzene rings is 4. The van der Waals surface area contributed by atoms with Crippen LogP contribution in [0.3, 0.4) is 0 Å². The van der Waals surface area contributed by atoms with Gasteiger partial charge in [-0.15, -0.1) is 0 Å². The van der Waals surface area contributed by atoms with Crippen LogP contribution < -0.4 is 19.5 Å². The Bertz CT molecular complexity index is 1200. The molecule has 0 radical (unpaired) electrons. The van der Waals surface area contributed by atoms with Gasteiger partial charge in [0.15, 0.2) is 11.5 Å². The quantitative estimate of drug-likeness (QED) is 0.335. The van der Waals surface area contributed by atoms with Gasteiger partial charge in [0.1, 0.15) is 18.1 Å². The van der Waals surface area contributed by atoms with Crippen LogP contribution in [0.1, 0.15) is 21.5 Å². The number of rotatable bonds is 8. The fourth-order valence-corrected chi connectivity index (χ4v) is 3.21. The summed E-state index contributed by atoms with van der Waals surface area (Å²) in [5.41, 5.74) is 3.40. The molecule has 0 unspecified atom stereocenters. The summed E-state index contributed by atoms with van der Waals surface area (Å²) in [5, 5.41) is 2.89. The molecule has 0 aromatic heterocycles. The molecule has 4 rings (SSSR count). The SMILES string of the molecule is COc1cc(C(=O)Nc2ccc(Oc3ccccc3)cc2)ccc1OCc1ccc(C)cc1. The molecular weight excluding hydrogens is 414 g/mol. The fourth-order valence-electron chi connectivity index (χ4n) is 3.21. The smallest absolute Gasteiger partial charge is 0.255 e. The van der Waals surface area contributed by atoms with E-state index in [1.54, 1.807) is 37.4 Å². The lowest BCUT2D eigenvalue weighted by Gasteiger charge is -2.13. The van der Waals surface area contributed by atoms with E-state index in [4.69, 9.17) is 14.2 Å². The highest BCUT2D eigenvalue weighted by atomic mass is 16.5. The van der Waals surface area contributed by atoms with Crippen molar-refractivity contribution < 1.29 is 19.0 Å². The Kier molecular flexibility index (Phi) is 6.90. The van der Waals surface area contributed by atoms with Crippen LogP contribution in [0.15, 0.2) is 97.1 Å². The van der Waals surface area contributed by atoms with E-state index < -0.39 is 0 Å². The highest BCUT2D eigenvalue weighted by Crippen LogP contribution is 2.29. The third-order valence-corrected chi connectivity index (χ3v) is 5.03. The topological polar surface area (TPSA) is 56.8 Å². The number of nitrogens with one attached hydrogen (secondary N) is 1. The number of para-hydroxylation sites is 1. The lowest BCUT2D eigenvalue weighted by atomic mass is 10.1. The minimum atomic E-state index is -0.241. The van der Waals surface area contributed by atoms with E-state index in [1.165, 1.54) is 5.56 Å². The first kappa shape index (κ1) is 22.0. The van der Waals surface area contributed by atoms with Gasteiger partial charge in [0.2, 0.25) is 0 Å². The zero-order chi connectivity index (χ0) is 23.0. The lowest BCUT2D eigenvalue weighted by molar-refractivity contribution is 0.102. The standard InChI is InChI=1S/C28H25NO4/c1-20-8-10-21(11-9-20)19-32-26-17-12-22(18-27(26)31-2)28(30)29-23-13-15-25(16-14-23)33-24-6-4-3-5-7-24/h3-18H,19H2,1-2H3,(H,29,30). The average Bonchev–Trinajstić information content (AvgIpc) is 2.85. The minimum absolute atomic E-state index is 0.241. The maximum absolute atomic E-state index is 12.7. The average molecular weight is 440 g/mol. The molecule has 0 aliphatic rings. The van der Waals surface area contributed by atoms with Gasteiger partial charge in [-0.25, -0.2) is 0 Å². The number of carbonyl (C=O) groups is 1. The van der Waals surface area contributed by atoms with Crippen LogP contribution in [0.5, 0.6) is 23.0 Å². The van der Waals surface area contributed by atoms with Crippen molar-refractivity contribution in [3.8, 4) is 23.0 Å². The van der Waals surface area contributed by atoms with Gasteiger partial charge in [0.25, 0.3) is 5.91 Å². The normalized spacial score (nSPS) is 10.4. The molecule has 4 aromatic rings. The van der Waals surface area contributed by atoms with Crippen LogP contribution in [0, 0.1) is 6.92 Å². The van der Waals surface area contributed by atoms with Gasteiger partial charge in [-0.2, -0.15) is 0 Å². The van der Waals surface area contributed by atoms with E-state index in [-0.39, 0.29) is 5.91 Å². The summed E-state index contributed by atoms with van der Waals surface area (Å²) in [6.07, 6.45) is 0. The van der Waals surface area contributed by atoms with Crippen LogP contribution in [-0.2, 0) is 6.61 Å². The largest absolute Gasteiger partial charge is 0.493 e. The molecule has 4 aromatic carbocycles. The Morgan fingerprint density at radius 3 is 2.18 bits per heavy atom. The van der Waals surface area contributed by atoms with Crippen molar-refractivity contribution in [2.24, 2.45) is 0 Å². The Hall–Kier alpha value is -4.25. The van der Waals surface area contributed by atoms with Crippen molar-refractivity contribution >= 4 is 11.6 Å². The van der Waals surface area contributed by atoms with E-state index in [2.05, 4.69) is 5.32 Å². The number of anilines is 1. The first-order chi connectivity index (χ1) is 16.1. The number of hydrogen-bond acceptors (Lipinski definition) is 4. The van der Waals surface area contributed by atoms with Crippen LogP contribution in [0.25, 0.3) is 0 Å². The highest BCUT2D eigenvalue weighted by Gasteiger charge is 2.12. The molecule has 0 bridgehead atoms. The molecule has 0 spiro atoms. The van der Waals surface area contributed by atoms with Crippen molar-refractivity contribution in [1.29, 1.82) is 0 Å². The summed E-state index contributed by atoms with van der Waals surface area (Å²) in [4.78, 5) is 12.7. The molecule has 5 heteroatoms. The third-order valence-electron chi connectivity index (χ3n) is 5.03. The zero-order valence-corrected chi connectivity index (χ0v) is 18.6. The van der Waals surface area contributed by atoms with Crippen LogP contribution >= 0.6 is 0 Å². The minimum Gasteiger partial charge on any atom is -0.493 e. The summed E-state index contributed by atoms with van der Waals surface area (Å²) in [6.45, 7) is 2.46. The van der Waals surface area contributed by atoms with Gasteiger partial charge >= 0.3 is 0 Å². The maximum Gasteiger partial charge on any atom is 0.255 e. The molecule has 0 atom stereocenters. The molecule has 0 saturated heterocycles. The van der Waals surface area contributed by atoms with Gasteiger partial charge in [-0.1, -0.05) is 48.0 Å². The summed E-state index contributed by atoms with van der Waals surface area (Å²) in [6, 6.07) is 30.0. The summed E-state index contributed by atoms with van der Waals surface area (Å²) >= 11 is 0. The van der Waals surface area contributed by atoms with Gasteiger partial charge in [-0.05, 0) is 67.1 Å². The number of aryl methyl sites for hydroxylation is 1. The van der Waals surface area contributed by atoms with Gasteiger partial charge < -0.3 is 19.5 Å². The van der Waals surface area contributed by atoms with Crippen molar-refractivity contribution in [2.45, 2.75) is 13.5 Å². The highest BCUT2D eigenvalue weighted by molar-refractivity contribution is 6.04. The molecule has 1 N–H and O–H groups in total. The Labute approximate surface area is 193 Å². The number of hydrogen-bond donors (Lipinski definition) is 1. The van der Waals surface area contributed by atoms with E-state index >= 15 is 0 Å². The second-order valence-corrected chi connectivity index (χ2v) is 7.53. The predicted octanol–water partition coefficient (Wildman–Crippen LogP) is 6.63. The van der Waals surface area contributed by atoms with E-state index in [0.717, 1.165) is 11.3 Å². The molecule has 5 nitrogen and oxygen atoms in total. The van der Waals surface area contributed by atoms with Crippen molar-refractivity contribution in [3.05, 3.63) is 114 Å². The molecule has 0 fully saturated rings. The van der Waals surface area contributed by atoms with Gasteiger partial charge in [0.05, 0.1) is 7.11 Å². The van der Waals surface area contributed by atoms with Crippen molar-refractivity contribution in [1.82, 2.24) is 0 Å². The third kappa shape index (κ3) is 5.92. The summed E-state index contributed by atoms with van der Waals surface area (Å²) < 4.78 is 17.1. The number of ether oxygens (including phenoxy) is 3. The maximum atomic E-state index is 12.7. The molecule has 33 heavy (non-hydrogen) atoms. The number of amides is 1. The van der Waals surface area contributed by atoms with Crippen LogP contribution in [0.2, 0.25) is 0 Å². The molecule has 0 aliphatic heterocycles. The molecule has 0 saturated carbocycles. The second-order valence-electron chi connectivity index (χ2n) is 7.53. The molecule has 1 amide bonds. The van der Waals surface area contributed by atoms with E-state index in [0.29, 0.717) is 35.1 Å². The van der Waals surface area contributed by atoms with Crippen molar-refractivity contribution in [2.75, 3.05) is 12.4 Å². The Morgan fingerprint density at radius 2 is 1.48 bits per heavy atom. The zero-order valence-electron chi connectivity index (χ0n) is 18.6. The molecule has 166 valence electrons. The molecule has 0 heterocycles. The van der Waals surface area contributed by atoms with E-state index in [1.807, 2.05) is 73.7 Å². The monoisotopic (exact) mass is 439 g/mol. The molecular formula is C28H25NO4. The summed E-state index contributed by atoms with van der Waals surface area (Å²) in [5.74, 6) is 2.29. The first-order valence-corrected chi connectivity index (χ1v) is 10.6. The summed E-state index contributed by atoms with van der Waals surface area (Å²) in [7, 11) is 1.56. The van der Waals surface area contributed by atoms with Crippen LogP contribution in [-0.4, -0.2) is 13.0 Å². The number of carbonyl (C=O) groups excluding carboxylic acids is 1. The second kappa shape index (κ2) is 10.4. The fraction of sp³-hybridized carbons (Fsp3) is 0.107. The van der Waals surface area contributed by atoms with Crippen LogP contribution in [0.4, 0.5) is 5.69 Å². The predicted molar refractivity (Wildman–Crippen MR) is 129 cm³/mol. The van der Waals surface area contributed by atoms with Gasteiger partial charge in [0, 0.05) is 11.3 Å². The Balaban J connectivity index is 1.38. The lowest BCUT2D eigenvalue weighted by Crippen LogP contribution is -2.12. The Morgan fingerprint density at radius 1 is 0.788 bits per heavy atom. The van der Waals surface area contributed by atoms with Crippen molar-refractivity contribution in [3.63, 3.8) is 0 Å². The molecule has 0 aliphatic carbocycles.